The smallest absolute Gasteiger partial charge is 0.228 e. The Morgan fingerprint density at radius 1 is 1.25 bits per heavy atom. The maximum Gasteiger partial charge on any atom is 0.228 e. The van der Waals surface area contributed by atoms with Gasteiger partial charge in [-0.15, -0.1) is 33.3 Å². The molecule has 2 amide bonds. The molecule has 1 saturated carbocycles. The van der Waals surface area contributed by atoms with E-state index in [0.717, 1.165) is 30.0 Å². The molecule has 2 N–H and O–H groups in total. The van der Waals surface area contributed by atoms with Gasteiger partial charge in [0.05, 0.1) is 0 Å². The van der Waals surface area contributed by atoms with Crippen LogP contribution in [0.15, 0.2) is 28.7 Å². The van der Waals surface area contributed by atoms with Crippen molar-refractivity contribution in [3.05, 3.63) is 23.7 Å². The van der Waals surface area contributed by atoms with Crippen LogP contribution in [0.4, 0.5) is 10.9 Å². The lowest BCUT2D eigenvalue weighted by Crippen LogP contribution is -2.14. The van der Waals surface area contributed by atoms with Gasteiger partial charge in [-0.1, -0.05) is 0 Å². The Morgan fingerprint density at radius 3 is 2.79 bits per heavy atom. The third-order valence-electron chi connectivity index (χ3n) is 3.32. The van der Waals surface area contributed by atoms with Crippen LogP contribution in [0.25, 0.3) is 0 Å². The summed E-state index contributed by atoms with van der Waals surface area (Å²) in [4.78, 5) is 27.3. The van der Waals surface area contributed by atoms with E-state index in [9.17, 15) is 9.59 Å². The first kappa shape index (κ1) is 16.8. The summed E-state index contributed by atoms with van der Waals surface area (Å²) in [6.07, 6.45) is 4.76. The van der Waals surface area contributed by atoms with Gasteiger partial charge in [0.1, 0.15) is 5.03 Å². The topological polar surface area (TPSA) is 96.9 Å². The number of nitrogens with one attached hydrogen (secondary N) is 2. The normalized spacial score (nSPS) is 13.5. The second-order valence-corrected chi connectivity index (χ2v) is 7.37. The van der Waals surface area contributed by atoms with E-state index in [2.05, 4.69) is 25.8 Å². The molecule has 0 radical (unpaired) electrons. The number of aromatic nitrogens is 3. The van der Waals surface area contributed by atoms with Crippen molar-refractivity contribution in [2.45, 2.75) is 30.7 Å². The number of thioether (sulfide) groups is 1. The maximum absolute atomic E-state index is 11.7. The second kappa shape index (κ2) is 8.20. The molecule has 0 unspecified atom stereocenters. The van der Waals surface area contributed by atoms with E-state index in [4.69, 9.17) is 0 Å². The van der Waals surface area contributed by atoms with Gasteiger partial charge in [0.15, 0.2) is 10.9 Å². The van der Waals surface area contributed by atoms with Gasteiger partial charge >= 0.3 is 0 Å². The van der Waals surface area contributed by atoms with Gasteiger partial charge < -0.3 is 10.6 Å². The van der Waals surface area contributed by atoms with Crippen molar-refractivity contribution < 1.29 is 9.59 Å². The molecule has 2 heterocycles. The van der Waals surface area contributed by atoms with Gasteiger partial charge in [-0.05, 0) is 31.4 Å². The van der Waals surface area contributed by atoms with Crippen molar-refractivity contribution in [1.29, 1.82) is 0 Å². The number of nitrogens with zero attached hydrogens (tertiary/aromatic N) is 3. The molecule has 0 aliphatic heterocycles. The zero-order chi connectivity index (χ0) is 16.8. The molecule has 1 fully saturated rings. The summed E-state index contributed by atoms with van der Waals surface area (Å²) in [5.74, 6) is 1.40. The highest BCUT2D eigenvalue weighted by Gasteiger charge is 2.29. The van der Waals surface area contributed by atoms with Gasteiger partial charge in [0, 0.05) is 29.7 Å². The van der Waals surface area contributed by atoms with E-state index in [-0.39, 0.29) is 17.7 Å². The SMILES string of the molecule is O=C(CCCSc1ccc(NC(=O)C2CC2)nn1)Nc1nccs1. The van der Waals surface area contributed by atoms with E-state index in [1.54, 1.807) is 12.3 Å². The predicted octanol–water partition coefficient (Wildman–Crippen LogP) is 2.79. The lowest BCUT2D eigenvalue weighted by atomic mass is 10.3. The van der Waals surface area contributed by atoms with Gasteiger partial charge in [0.2, 0.25) is 11.8 Å². The first-order valence-corrected chi connectivity index (χ1v) is 9.54. The van der Waals surface area contributed by atoms with Crippen molar-refractivity contribution in [2.24, 2.45) is 5.92 Å². The minimum atomic E-state index is -0.0326. The number of hydrogen-bond acceptors (Lipinski definition) is 7. The van der Waals surface area contributed by atoms with Crippen LogP contribution in [0.3, 0.4) is 0 Å². The first-order chi connectivity index (χ1) is 11.7. The fourth-order valence-electron chi connectivity index (χ4n) is 1.91. The van der Waals surface area contributed by atoms with Crippen LogP contribution >= 0.6 is 23.1 Å². The molecular formula is C15H17N5O2S2. The summed E-state index contributed by atoms with van der Waals surface area (Å²) >= 11 is 2.94. The number of rotatable bonds is 8. The van der Waals surface area contributed by atoms with Crippen LogP contribution in [0, 0.1) is 5.92 Å². The lowest BCUT2D eigenvalue weighted by Gasteiger charge is -2.04. The molecule has 0 spiro atoms. The Bertz CT molecular complexity index is 686. The summed E-state index contributed by atoms with van der Waals surface area (Å²) in [5.41, 5.74) is 0. The van der Waals surface area contributed by atoms with E-state index in [1.165, 1.54) is 23.1 Å². The van der Waals surface area contributed by atoms with Crippen molar-refractivity contribution in [3.63, 3.8) is 0 Å². The predicted molar refractivity (Wildman–Crippen MR) is 94.1 cm³/mol. The molecule has 0 atom stereocenters. The Labute approximate surface area is 147 Å². The molecule has 24 heavy (non-hydrogen) atoms. The molecule has 0 saturated heterocycles. The average Bonchev–Trinajstić information content (AvgIpc) is 3.32. The number of amides is 2. The van der Waals surface area contributed by atoms with E-state index < -0.39 is 0 Å². The standard InChI is InChI=1S/C15H17N5O2S2/c21-12(18-15-16-7-9-24-15)2-1-8-23-13-6-5-11(19-20-13)17-14(22)10-3-4-10/h5-7,9-10H,1-4,8H2,(H,16,18,21)(H,17,19,22). The molecule has 2 aromatic heterocycles. The minimum Gasteiger partial charge on any atom is -0.309 e. The molecule has 0 aromatic carbocycles. The van der Waals surface area contributed by atoms with E-state index >= 15 is 0 Å². The molecule has 0 bridgehead atoms. The molecule has 2 aromatic rings. The van der Waals surface area contributed by atoms with Crippen LogP contribution in [-0.2, 0) is 9.59 Å². The summed E-state index contributed by atoms with van der Waals surface area (Å²) in [7, 11) is 0. The third-order valence-corrected chi connectivity index (χ3v) is 5.01. The fraction of sp³-hybridized carbons (Fsp3) is 0.400. The summed E-state index contributed by atoms with van der Waals surface area (Å²) < 4.78 is 0. The van der Waals surface area contributed by atoms with Gasteiger partial charge in [-0.3, -0.25) is 9.59 Å². The number of anilines is 2. The molecule has 1 aliphatic carbocycles. The van der Waals surface area contributed by atoms with E-state index in [1.807, 2.05) is 11.4 Å². The van der Waals surface area contributed by atoms with Crippen molar-refractivity contribution in [1.82, 2.24) is 15.2 Å². The van der Waals surface area contributed by atoms with Gasteiger partial charge in [-0.25, -0.2) is 4.98 Å². The number of thiazole rings is 1. The largest absolute Gasteiger partial charge is 0.309 e. The number of carbonyl (C=O) groups excluding carboxylic acids is 2. The highest BCUT2D eigenvalue weighted by molar-refractivity contribution is 7.99. The Hall–Kier alpha value is -2.00. The summed E-state index contributed by atoms with van der Waals surface area (Å²) in [5, 5.41) is 16.8. The first-order valence-electron chi connectivity index (χ1n) is 7.67. The maximum atomic E-state index is 11.7. The monoisotopic (exact) mass is 363 g/mol. The highest BCUT2D eigenvalue weighted by Crippen LogP contribution is 2.30. The molecule has 7 nitrogen and oxygen atoms in total. The van der Waals surface area contributed by atoms with Crippen LogP contribution < -0.4 is 10.6 Å². The van der Waals surface area contributed by atoms with Gasteiger partial charge in [0.25, 0.3) is 0 Å². The lowest BCUT2D eigenvalue weighted by molar-refractivity contribution is -0.117. The molecule has 1 aliphatic rings. The molecule has 3 rings (SSSR count). The number of hydrogen-bond donors (Lipinski definition) is 2. The zero-order valence-corrected chi connectivity index (χ0v) is 14.5. The van der Waals surface area contributed by atoms with Crippen LogP contribution in [-0.4, -0.2) is 32.7 Å². The second-order valence-electron chi connectivity index (χ2n) is 5.36. The van der Waals surface area contributed by atoms with E-state index in [0.29, 0.717) is 17.4 Å². The Morgan fingerprint density at radius 2 is 2.12 bits per heavy atom. The quantitative estimate of drug-likeness (QED) is 0.553. The average molecular weight is 363 g/mol. The fourth-order valence-corrected chi connectivity index (χ4v) is 3.22. The van der Waals surface area contributed by atoms with Crippen molar-refractivity contribution in [3.8, 4) is 0 Å². The van der Waals surface area contributed by atoms with Crippen LogP contribution in [0.1, 0.15) is 25.7 Å². The molecule has 126 valence electrons. The van der Waals surface area contributed by atoms with Crippen molar-refractivity contribution >= 4 is 45.9 Å². The Balaban J connectivity index is 1.34. The van der Waals surface area contributed by atoms with Gasteiger partial charge in [-0.2, -0.15) is 0 Å². The Kier molecular flexibility index (Phi) is 5.76. The highest BCUT2D eigenvalue weighted by atomic mass is 32.2. The van der Waals surface area contributed by atoms with Crippen LogP contribution in [0.2, 0.25) is 0 Å². The minimum absolute atomic E-state index is 0.0240. The molecule has 9 heteroatoms. The number of carbonyl (C=O) groups is 2. The summed E-state index contributed by atoms with van der Waals surface area (Å²) in [6.45, 7) is 0. The van der Waals surface area contributed by atoms with Crippen LogP contribution in [0.5, 0.6) is 0 Å². The molecular weight excluding hydrogens is 346 g/mol. The van der Waals surface area contributed by atoms with Crippen molar-refractivity contribution in [2.75, 3.05) is 16.4 Å². The zero-order valence-electron chi connectivity index (χ0n) is 12.9. The third kappa shape index (κ3) is 5.27. The summed E-state index contributed by atoms with van der Waals surface area (Å²) in [6, 6.07) is 3.58.